The van der Waals surface area contributed by atoms with Crippen LogP contribution in [0.3, 0.4) is 0 Å². The van der Waals surface area contributed by atoms with E-state index in [1.807, 2.05) is 12.1 Å². The van der Waals surface area contributed by atoms with Crippen LogP contribution < -0.4 is 5.32 Å². The number of thioether (sulfide) groups is 1. The van der Waals surface area contributed by atoms with Crippen molar-refractivity contribution in [2.45, 2.75) is 45.3 Å². The molecule has 1 aromatic carbocycles. The molecule has 0 saturated carbocycles. The van der Waals surface area contributed by atoms with Gasteiger partial charge >= 0.3 is 5.97 Å². The maximum atomic E-state index is 12.0. The van der Waals surface area contributed by atoms with Crippen molar-refractivity contribution in [2.24, 2.45) is 5.92 Å². The van der Waals surface area contributed by atoms with Crippen molar-refractivity contribution in [3.8, 4) is 0 Å². The zero-order valence-corrected chi connectivity index (χ0v) is 15.4. The minimum absolute atomic E-state index is 0.0760. The van der Waals surface area contributed by atoms with Gasteiger partial charge in [-0.2, -0.15) is 0 Å². The molecule has 0 bridgehead atoms. The molecule has 0 fully saturated rings. The van der Waals surface area contributed by atoms with Crippen LogP contribution in [-0.2, 0) is 25.6 Å². The Labute approximate surface area is 147 Å². The highest BCUT2D eigenvalue weighted by molar-refractivity contribution is 8.12. The average Bonchev–Trinajstić information content (AvgIpc) is 2.50. The summed E-state index contributed by atoms with van der Waals surface area (Å²) in [5.41, 5.74) is 2.40. The minimum atomic E-state index is -1.10. The molecule has 132 valence electrons. The fourth-order valence-electron chi connectivity index (χ4n) is 2.00. The van der Waals surface area contributed by atoms with Crippen LogP contribution >= 0.6 is 11.8 Å². The van der Waals surface area contributed by atoms with E-state index in [0.717, 1.165) is 5.56 Å². The van der Waals surface area contributed by atoms with Gasteiger partial charge in [0.1, 0.15) is 6.54 Å². The standard InChI is InChI=1S/C18H25NO4S/c1-12(17(23)19-10-15(20)21)9-16(22)24-11-13-5-7-14(8-6-13)18(2,3)4/h5-8,12H,9-11H2,1-4H3,(H,19,23)(H,20,21). The van der Waals surface area contributed by atoms with Gasteiger partial charge in [-0.05, 0) is 16.5 Å². The molecule has 0 aliphatic heterocycles. The Balaban J connectivity index is 2.43. The monoisotopic (exact) mass is 351 g/mol. The molecule has 0 aliphatic rings. The number of rotatable bonds is 7. The van der Waals surface area contributed by atoms with E-state index in [1.54, 1.807) is 6.92 Å². The smallest absolute Gasteiger partial charge is 0.322 e. The third-order valence-corrected chi connectivity index (χ3v) is 4.52. The molecular weight excluding hydrogens is 326 g/mol. The van der Waals surface area contributed by atoms with Gasteiger partial charge in [0.25, 0.3) is 0 Å². The number of benzene rings is 1. The third kappa shape index (κ3) is 7.17. The molecule has 1 rings (SSSR count). The lowest BCUT2D eigenvalue weighted by atomic mass is 9.87. The number of hydrogen-bond donors (Lipinski definition) is 2. The Morgan fingerprint density at radius 3 is 2.25 bits per heavy atom. The molecule has 0 radical (unpaired) electrons. The molecule has 5 nitrogen and oxygen atoms in total. The molecule has 24 heavy (non-hydrogen) atoms. The topological polar surface area (TPSA) is 83.5 Å². The molecule has 1 amide bonds. The van der Waals surface area contributed by atoms with E-state index in [-0.39, 0.29) is 17.0 Å². The van der Waals surface area contributed by atoms with Crippen LogP contribution in [0.25, 0.3) is 0 Å². The number of carbonyl (C=O) groups is 3. The van der Waals surface area contributed by atoms with Gasteiger partial charge in [0, 0.05) is 18.1 Å². The molecule has 2 N–H and O–H groups in total. The Kier molecular flexibility index (Phi) is 7.48. The summed E-state index contributed by atoms with van der Waals surface area (Å²) in [7, 11) is 0. The van der Waals surface area contributed by atoms with Crippen molar-refractivity contribution in [2.75, 3.05) is 6.54 Å². The second-order valence-corrected chi connectivity index (χ2v) is 7.86. The molecule has 0 saturated heterocycles. The molecule has 0 aliphatic carbocycles. The van der Waals surface area contributed by atoms with Gasteiger partial charge in [-0.15, -0.1) is 0 Å². The first-order valence-corrected chi connectivity index (χ1v) is 8.82. The average molecular weight is 351 g/mol. The first-order valence-electron chi connectivity index (χ1n) is 7.84. The van der Waals surface area contributed by atoms with E-state index in [2.05, 4.69) is 38.2 Å². The Hall–Kier alpha value is -1.82. The van der Waals surface area contributed by atoms with Crippen molar-refractivity contribution in [1.82, 2.24) is 5.32 Å². The van der Waals surface area contributed by atoms with Crippen LogP contribution in [0.1, 0.15) is 45.2 Å². The number of carboxylic acids is 1. The number of hydrogen-bond acceptors (Lipinski definition) is 4. The molecule has 0 aromatic heterocycles. The van der Waals surface area contributed by atoms with Gasteiger partial charge in [0.05, 0.1) is 0 Å². The molecule has 0 spiro atoms. The first kappa shape index (κ1) is 20.2. The summed E-state index contributed by atoms with van der Waals surface area (Å²) >= 11 is 1.18. The van der Waals surface area contributed by atoms with Crippen molar-refractivity contribution < 1.29 is 19.5 Å². The molecule has 1 unspecified atom stereocenters. The van der Waals surface area contributed by atoms with Crippen molar-refractivity contribution in [1.29, 1.82) is 0 Å². The Morgan fingerprint density at radius 2 is 1.75 bits per heavy atom. The van der Waals surface area contributed by atoms with E-state index < -0.39 is 24.3 Å². The molecular formula is C18H25NO4S. The maximum absolute atomic E-state index is 12.0. The SMILES string of the molecule is CC(CC(=O)SCc1ccc(C(C)(C)C)cc1)C(=O)NCC(=O)O. The quantitative estimate of drug-likeness (QED) is 0.789. The third-order valence-electron chi connectivity index (χ3n) is 3.55. The molecule has 1 aromatic rings. The summed E-state index contributed by atoms with van der Waals surface area (Å²) in [5.74, 6) is -1.49. The predicted molar refractivity (Wildman–Crippen MR) is 95.9 cm³/mol. The number of carbonyl (C=O) groups excluding carboxylic acids is 2. The summed E-state index contributed by atoms with van der Waals surface area (Å²) in [4.78, 5) is 34.0. The maximum Gasteiger partial charge on any atom is 0.322 e. The summed E-state index contributed by atoms with van der Waals surface area (Å²) in [6, 6.07) is 8.18. The van der Waals surface area contributed by atoms with Gasteiger partial charge in [0.15, 0.2) is 5.12 Å². The lowest BCUT2D eigenvalue weighted by Gasteiger charge is -2.19. The summed E-state index contributed by atoms with van der Waals surface area (Å²) in [6.45, 7) is 7.64. The van der Waals surface area contributed by atoms with Crippen LogP contribution in [0.4, 0.5) is 0 Å². The van der Waals surface area contributed by atoms with Crippen LogP contribution in [0.15, 0.2) is 24.3 Å². The number of carboxylic acid groups (broad SMARTS) is 1. The van der Waals surface area contributed by atoms with E-state index in [1.165, 1.54) is 17.3 Å². The molecule has 6 heteroatoms. The summed E-state index contributed by atoms with van der Waals surface area (Å²) in [6.07, 6.45) is 0.0934. The van der Waals surface area contributed by atoms with Gasteiger partial charge in [-0.25, -0.2) is 0 Å². The summed E-state index contributed by atoms with van der Waals surface area (Å²) in [5, 5.41) is 10.7. The second kappa shape index (κ2) is 8.87. The van der Waals surface area contributed by atoms with E-state index in [9.17, 15) is 14.4 Å². The van der Waals surface area contributed by atoms with Crippen LogP contribution in [0, 0.1) is 5.92 Å². The Morgan fingerprint density at radius 1 is 1.17 bits per heavy atom. The second-order valence-electron chi connectivity index (χ2n) is 6.82. The van der Waals surface area contributed by atoms with Crippen LogP contribution in [-0.4, -0.2) is 28.6 Å². The lowest BCUT2D eigenvalue weighted by Crippen LogP contribution is -2.34. The fourth-order valence-corrected chi connectivity index (χ4v) is 2.89. The largest absolute Gasteiger partial charge is 0.480 e. The normalized spacial score (nSPS) is 12.5. The van der Waals surface area contributed by atoms with Crippen LogP contribution in [0.5, 0.6) is 0 Å². The zero-order chi connectivity index (χ0) is 18.3. The highest BCUT2D eigenvalue weighted by Gasteiger charge is 2.18. The number of aliphatic carboxylic acids is 1. The highest BCUT2D eigenvalue weighted by Crippen LogP contribution is 2.24. The van der Waals surface area contributed by atoms with E-state index >= 15 is 0 Å². The minimum Gasteiger partial charge on any atom is -0.480 e. The number of amides is 1. The van der Waals surface area contributed by atoms with Crippen molar-refractivity contribution in [3.05, 3.63) is 35.4 Å². The Bertz CT molecular complexity index is 590. The van der Waals surface area contributed by atoms with Gasteiger partial charge in [0.2, 0.25) is 5.91 Å². The highest BCUT2D eigenvalue weighted by atomic mass is 32.2. The van der Waals surface area contributed by atoms with Crippen LogP contribution in [0.2, 0.25) is 0 Å². The van der Waals surface area contributed by atoms with Crippen molar-refractivity contribution in [3.63, 3.8) is 0 Å². The van der Waals surface area contributed by atoms with Gasteiger partial charge in [-0.3, -0.25) is 14.4 Å². The fraction of sp³-hybridized carbons (Fsp3) is 0.500. The first-order chi connectivity index (χ1) is 11.1. The lowest BCUT2D eigenvalue weighted by molar-refractivity contribution is -0.138. The zero-order valence-electron chi connectivity index (χ0n) is 14.6. The summed E-state index contributed by atoms with van der Waals surface area (Å²) < 4.78 is 0. The predicted octanol–water partition coefficient (Wildman–Crippen LogP) is 2.97. The molecule has 0 heterocycles. The van der Waals surface area contributed by atoms with E-state index in [4.69, 9.17) is 5.11 Å². The number of nitrogens with one attached hydrogen (secondary N) is 1. The van der Waals surface area contributed by atoms with E-state index in [0.29, 0.717) is 5.75 Å². The van der Waals surface area contributed by atoms with Crippen molar-refractivity contribution >= 4 is 28.8 Å². The van der Waals surface area contributed by atoms with Gasteiger partial charge in [-0.1, -0.05) is 63.7 Å². The molecule has 1 atom stereocenters. The van der Waals surface area contributed by atoms with Gasteiger partial charge < -0.3 is 10.4 Å².